The molecular weight excluding hydrogens is 338 g/mol. The monoisotopic (exact) mass is 359 g/mol. The van der Waals surface area contributed by atoms with Gasteiger partial charge in [0.15, 0.2) is 23.4 Å². The molecule has 5 atom stereocenters. The Bertz CT molecular complexity index is 807. The summed E-state index contributed by atoms with van der Waals surface area (Å²) in [5.41, 5.74) is 2.31. The van der Waals surface area contributed by atoms with E-state index in [0.717, 1.165) is 23.5 Å². The van der Waals surface area contributed by atoms with Gasteiger partial charge in [-0.1, -0.05) is 0 Å². The van der Waals surface area contributed by atoms with Crippen LogP contribution in [-0.4, -0.2) is 54.3 Å². The van der Waals surface area contributed by atoms with E-state index >= 15 is 0 Å². The van der Waals surface area contributed by atoms with E-state index in [4.69, 9.17) is 23.7 Å². The van der Waals surface area contributed by atoms with Crippen LogP contribution in [0.2, 0.25) is 0 Å². The molecule has 0 aliphatic carbocycles. The van der Waals surface area contributed by atoms with Crippen molar-refractivity contribution in [3.05, 3.63) is 23.3 Å². The van der Waals surface area contributed by atoms with Gasteiger partial charge in [-0.15, -0.1) is 0 Å². The smallest absolute Gasteiger partial charge is 0.254 e. The van der Waals surface area contributed by atoms with Crippen molar-refractivity contribution in [3.8, 4) is 11.5 Å². The van der Waals surface area contributed by atoms with Crippen LogP contribution in [0, 0.1) is 0 Å². The standard InChI is InChI=1S/C19H21NO6/c1-19(2)25-16-15-14(24-15)10-3-4-20(18(21)17(16)26-19)7-9-5-12-13(6-11(9)10)23-8-22-12/h5-6,10,14-17H,3-4,7-8H2,1-2H3/t10?,14-,15?,16+,17-/m0/s1. The molecular formula is C19H21NO6. The molecule has 138 valence electrons. The normalized spacial score (nSPS) is 38.6. The van der Waals surface area contributed by atoms with Crippen molar-refractivity contribution in [1.82, 2.24) is 4.90 Å². The molecule has 6 rings (SSSR count). The first-order valence-corrected chi connectivity index (χ1v) is 9.22. The zero-order valence-electron chi connectivity index (χ0n) is 14.8. The summed E-state index contributed by atoms with van der Waals surface area (Å²) in [4.78, 5) is 15.1. The van der Waals surface area contributed by atoms with Crippen molar-refractivity contribution in [2.75, 3.05) is 13.3 Å². The third-order valence-corrected chi connectivity index (χ3v) is 6.07. The van der Waals surface area contributed by atoms with Gasteiger partial charge in [-0.25, -0.2) is 0 Å². The lowest BCUT2D eigenvalue weighted by Crippen LogP contribution is -2.45. The molecule has 0 radical (unpaired) electrons. The highest BCUT2D eigenvalue weighted by Gasteiger charge is 2.61. The van der Waals surface area contributed by atoms with Crippen LogP contribution >= 0.6 is 0 Å². The van der Waals surface area contributed by atoms with Crippen LogP contribution in [0.1, 0.15) is 37.3 Å². The maximum absolute atomic E-state index is 13.2. The maximum atomic E-state index is 13.2. The molecule has 0 spiro atoms. The molecule has 3 fully saturated rings. The third kappa shape index (κ3) is 2.08. The Morgan fingerprint density at radius 1 is 1.08 bits per heavy atom. The summed E-state index contributed by atoms with van der Waals surface area (Å²) in [5.74, 6) is 0.962. The molecule has 1 aromatic carbocycles. The van der Waals surface area contributed by atoms with Crippen molar-refractivity contribution in [1.29, 1.82) is 0 Å². The fraction of sp³-hybridized carbons (Fsp3) is 0.632. The van der Waals surface area contributed by atoms with Crippen molar-refractivity contribution < 1.29 is 28.5 Å². The molecule has 26 heavy (non-hydrogen) atoms. The average Bonchev–Trinajstić information content (AvgIpc) is 3.17. The summed E-state index contributed by atoms with van der Waals surface area (Å²) in [5, 5.41) is 0. The van der Waals surface area contributed by atoms with Crippen LogP contribution < -0.4 is 9.47 Å². The first kappa shape index (κ1) is 15.2. The molecule has 1 aromatic rings. The predicted octanol–water partition coefficient (Wildman–Crippen LogP) is 1.53. The van der Waals surface area contributed by atoms with Gasteiger partial charge in [0, 0.05) is 19.0 Å². The number of amides is 1. The number of rotatable bonds is 0. The number of benzene rings is 1. The van der Waals surface area contributed by atoms with Gasteiger partial charge in [0.05, 0.1) is 6.10 Å². The lowest BCUT2D eigenvalue weighted by atomic mass is 9.87. The fourth-order valence-electron chi connectivity index (χ4n) is 4.87. The van der Waals surface area contributed by atoms with E-state index in [0.29, 0.717) is 13.1 Å². The predicted molar refractivity (Wildman–Crippen MR) is 87.8 cm³/mol. The van der Waals surface area contributed by atoms with Crippen molar-refractivity contribution >= 4 is 5.91 Å². The summed E-state index contributed by atoms with van der Waals surface area (Å²) in [7, 11) is 0. The largest absolute Gasteiger partial charge is 0.454 e. The number of carbonyl (C=O) groups excluding carboxylic acids is 1. The van der Waals surface area contributed by atoms with E-state index in [1.807, 2.05) is 24.8 Å². The Labute approximate surface area is 151 Å². The van der Waals surface area contributed by atoms with Gasteiger partial charge in [-0.3, -0.25) is 4.79 Å². The Hall–Kier alpha value is -1.83. The fourth-order valence-corrected chi connectivity index (χ4v) is 4.87. The highest BCUT2D eigenvalue weighted by atomic mass is 16.8. The minimum atomic E-state index is -0.772. The zero-order valence-corrected chi connectivity index (χ0v) is 14.8. The molecule has 7 heteroatoms. The zero-order chi connectivity index (χ0) is 17.6. The number of carbonyl (C=O) groups is 1. The third-order valence-electron chi connectivity index (χ3n) is 6.07. The number of hydrogen-bond acceptors (Lipinski definition) is 6. The van der Waals surface area contributed by atoms with Crippen LogP contribution in [0.3, 0.4) is 0 Å². The summed E-state index contributed by atoms with van der Waals surface area (Å²) < 4.78 is 29.2. The number of fused-ring (bicyclic) bond motifs is 10. The summed E-state index contributed by atoms with van der Waals surface area (Å²) in [6.45, 7) is 5.18. The average molecular weight is 359 g/mol. The molecule has 0 saturated carbocycles. The first-order chi connectivity index (χ1) is 12.5. The van der Waals surface area contributed by atoms with Gasteiger partial charge in [0.2, 0.25) is 6.79 Å². The molecule has 3 saturated heterocycles. The second-order valence-electron chi connectivity index (χ2n) is 8.15. The SMILES string of the molecule is CC1(C)O[C@@H]2C(=O)N3CCC(c4cc5c(cc4C3)OCO5)[C@@H]3OC3[C@H]2O1. The molecule has 2 bridgehead atoms. The molecule has 0 aromatic heterocycles. The number of epoxide rings is 1. The van der Waals surface area contributed by atoms with Crippen LogP contribution in [0.15, 0.2) is 12.1 Å². The number of nitrogens with zero attached hydrogens (tertiary/aromatic N) is 1. The molecule has 5 aliphatic rings. The lowest BCUT2D eigenvalue weighted by Gasteiger charge is -2.25. The summed E-state index contributed by atoms with van der Waals surface area (Å²) in [6.07, 6.45) is -0.143. The van der Waals surface area contributed by atoms with E-state index in [2.05, 4.69) is 6.07 Å². The Balaban J connectivity index is 1.46. The molecule has 1 amide bonds. The van der Waals surface area contributed by atoms with E-state index in [1.165, 1.54) is 5.56 Å². The van der Waals surface area contributed by atoms with Gasteiger partial charge in [0.1, 0.15) is 12.2 Å². The highest BCUT2D eigenvalue weighted by molar-refractivity contribution is 5.82. The maximum Gasteiger partial charge on any atom is 0.254 e. The Morgan fingerprint density at radius 2 is 1.88 bits per heavy atom. The molecule has 0 N–H and O–H groups in total. The van der Waals surface area contributed by atoms with Gasteiger partial charge in [-0.05, 0) is 43.5 Å². The Kier molecular flexibility index (Phi) is 2.88. The molecule has 5 aliphatic heterocycles. The number of hydrogen-bond donors (Lipinski definition) is 0. The summed E-state index contributed by atoms with van der Waals surface area (Å²) in [6, 6.07) is 4.09. The van der Waals surface area contributed by atoms with Crippen molar-refractivity contribution in [3.63, 3.8) is 0 Å². The lowest BCUT2D eigenvalue weighted by molar-refractivity contribution is -0.162. The van der Waals surface area contributed by atoms with Gasteiger partial charge < -0.3 is 28.6 Å². The molecule has 7 nitrogen and oxygen atoms in total. The second kappa shape index (κ2) is 4.91. The topological polar surface area (TPSA) is 69.8 Å². The Morgan fingerprint density at radius 3 is 2.73 bits per heavy atom. The highest BCUT2D eigenvalue weighted by Crippen LogP contribution is 2.50. The van der Waals surface area contributed by atoms with E-state index in [9.17, 15) is 4.79 Å². The van der Waals surface area contributed by atoms with Gasteiger partial charge in [-0.2, -0.15) is 0 Å². The van der Waals surface area contributed by atoms with Crippen LogP contribution in [-0.2, 0) is 25.5 Å². The minimum Gasteiger partial charge on any atom is -0.454 e. The molecule has 2 unspecified atom stereocenters. The van der Waals surface area contributed by atoms with Crippen molar-refractivity contribution in [2.45, 2.75) is 62.9 Å². The van der Waals surface area contributed by atoms with E-state index < -0.39 is 11.9 Å². The van der Waals surface area contributed by atoms with Crippen LogP contribution in [0.4, 0.5) is 0 Å². The number of ether oxygens (including phenoxy) is 5. The van der Waals surface area contributed by atoms with E-state index in [-0.39, 0.29) is 36.9 Å². The second-order valence-corrected chi connectivity index (χ2v) is 8.15. The van der Waals surface area contributed by atoms with Crippen molar-refractivity contribution in [2.24, 2.45) is 0 Å². The first-order valence-electron chi connectivity index (χ1n) is 9.22. The van der Waals surface area contributed by atoms with Gasteiger partial charge >= 0.3 is 0 Å². The van der Waals surface area contributed by atoms with E-state index in [1.54, 1.807) is 0 Å². The van der Waals surface area contributed by atoms with Crippen LogP contribution in [0.5, 0.6) is 11.5 Å². The summed E-state index contributed by atoms with van der Waals surface area (Å²) >= 11 is 0. The molecule has 5 heterocycles. The van der Waals surface area contributed by atoms with Gasteiger partial charge in [0.25, 0.3) is 5.91 Å². The minimum absolute atomic E-state index is 0.0130. The van der Waals surface area contributed by atoms with Crippen LogP contribution in [0.25, 0.3) is 0 Å². The quantitative estimate of drug-likeness (QED) is 0.655.